The molecule has 0 aromatic rings. The number of hydrogen-bond donors (Lipinski definition) is 1. The largest absolute Gasteiger partial charge is 0.389 e. The van der Waals surface area contributed by atoms with Gasteiger partial charge in [0.2, 0.25) is 0 Å². The maximum atomic E-state index is 10.7. The molecule has 0 spiro atoms. The van der Waals surface area contributed by atoms with Gasteiger partial charge in [-0.1, -0.05) is 20.3 Å². The predicted octanol–water partition coefficient (Wildman–Crippen LogP) is 2.97. The van der Waals surface area contributed by atoms with E-state index in [-0.39, 0.29) is 5.60 Å². The van der Waals surface area contributed by atoms with E-state index in [1.54, 1.807) is 0 Å². The van der Waals surface area contributed by atoms with E-state index in [0.717, 1.165) is 0 Å². The van der Waals surface area contributed by atoms with Gasteiger partial charge in [-0.2, -0.15) is 0 Å². The smallest absolute Gasteiger partial charge is 0.0729 e. The lowest BCUT2D eigenvalue weighted by Crippen LogP contribution is -2.41. The molecule has 2 fully saturated rings. The summed E-state index contributed by atoms with van der Waals surface area (Å²) in [6, 6.07) is 0. The van der Waals surface area contributed by atoms with Gasteiger partial charge >= 0.3 is 0 Å². The number of rotatable bonds is 5. The standard InChI is InChI=1S/C12H22O/c1-3-4-9(2)12(13,10-5-6-10)11-7-8-11/h9-11,13H,3-8H2,1-2H3. The Morgan fingerprint density at radius 3 is 2.00 bits per heavy atom. The van der Waals surface area contributed by atoms with Gasteiger partial charge in [-0.15, -0.1) is 0 Å². The van der Waals surface area contributed by atoms with Gasteiger partial charge < -0.3 is 5.11 Å². The number of aliphatic hydroxyl groups is 1. The van der Waals surface area contributed by atoms with Crippen LogP contribution < -0.4 is 0 Å². The summed E-state index contributed by atoms with van der Waals surface area (Å²) in [5.74, 6) is 1.83. The van der Waals surface area contributed by atoms with E-state index in [4.69, 9.17) is 0 Å². The first kappa shape index (κ1) is 9.51. The summed E-state index contributed by atoms with van der Waals surface area (Å²) in [5, 5.41) is 10.7. The average molecular weight is 182 g/mol. The monoisotopic (exact) mass is 182 g/mol. The fraction of sp³-hybridized carbons (Fsp3) is 1.00. The second-order valence-electron chi connectivity index (χ2n) is 5.13. The normalized spacial score (nSPS) is 26.1. The molecule has 1 nitrogen and oxygen atoms in total. The zero-order valence-electron chi connectivity index (χ0n) is 8.92. The molecule has 0 bridgehead atoms. The van der Waals surface area contributed by atoms with Crippen LogP contribution in [-0.4, -0.2) is 10.7 Å². The molecule has 0 aromatic carbocycles. The summed E-state index contributed by atoms with van der Waals surface area (Å²) in [5.41, 5.74) is -0.268. The third-order valence-corrected chi connectivity index (χ3v) is 3.97. The van der Waals surface area contributed by atoms with E-state index in [1.165, 1.54) is 38.5 Å². The van der Waals surface area contributed by atoms with Gasteiger partial charge in [-0.25, -0.2) is 0 Å². The van der Waals surface area contributed by atoms with Crippen LogP contribution in [0, 0.1) is 17.8 Å². The molecule has 0 heterocycles. The third kappa shape index (κ3) is 1.63. The summed E-state index contributed by atoms with van der Waals surface area (Å²) in [4.78, 5) is 0. The lowest BCUT2D eigenvalue weighted by Gasteiger charge is -2.35. The van der Waals surface area contributed by atoms with Crippen molar-refractivity contribution in [3.05, 3.63) is 0 Å². The van der Waals surface area contributed by atoms with Crippen molar-refractivity contribution in [3.63, 3.8) is 0 Å². The Morgan fingerprint density at radius 2 is 1.69 bits per heavy atom. The lowest BCUT2D eigenvalue weighted by molar-refractivity contribution is -0.0561. The zero-order valence-corrected chi connectivity index (χ0v) is 8.92. The SMILES string of the molecule is CCCC(C)C(O)(C1CC1)C1CC1. The molecule has 0 amide bonds. The first-order chi connectivity index (χ1) is 6.19. The molecule has 2 rings (SSSR count). The molecule has 76 valence electrons. The minimum absolute atomic E-state index is 0.268. The quantitative estimate of drug-likeness (QED) is 0.693. The highest BCUT2D eigenvalue weighted by molar-refractivity contribution is 5.06. The molecule has 0 aromatic heterocycles. The molecule has 0 radical (unpaired) electrons. The van der Waals surface area contributed by atoms with Crippen molar-refractivity contribution >= 4 is 0 Å². The Morgan fingerprint density at radius 1 is 1.23 bits per heavy atom. The highest BCUT2D eigenvalue weighted by Gasteiger charge is 2.55. The fourth-order valence-electron chi connectivity index (χ4n) is 2.89. The summed E-state index contributed by atoms with van der Waals surface area (Å²) in [6.07, 6.45) is 7.52. The summed E-state index contributed by atoms with van der Waals surface area (Å²) in [6.45, 7) is 4.47. The van der Waals surface area contributed by atoms with Crippen molar-refractivity contribution in [2.24, 2.45) is 17.8 Å². The topological polar surface area (TPSA) is 20.2 Å². The maximum absolute atomic E-state index is 10.7. The summed E-state index contributed by atoms with van der Waals surface area (Å²) < 4.78 is 0. The van der Waals surface area contributed by atoms with Crippen molar-refractivity contribution in [2.75, 3.05) is 0 Å². The first-order valence-corrected chi connectivity index (χ1v) is 5.92. The van der Waals surface area contributed by atoms with E-state index in [0.29, 0.717) is 17.8 Å². The molecule has 2 saturated carbocycles. The van der Waals surface area contributed by atoms with Gasteiger partial charge in [0.15, 0.2) is 0 Å². The molecule has 1 N–H and O–H groups in total. The van der Waals surface area contributed by atoms with Crippen LogP contribution >= 0.6 is 0 Å². The van der Waals surface area contributed by atoms with Crippen LogP contribution in [0.25, 0.3) is 0 Å². The highest BCUT2D eigenvalue weighted by atomic mass is 16.3. The molecular formula is C12H22O. The fourth-order valence-corrected chi connectivity index (χ4v) is 2.89. The molecule has 2 aliphatic carbocycles. The van der Waals surface area contributed by atoms with Crippen molar-refractivity contribution in [3.8, 4) is 0 Å². The molecule has 1 unspecified atom stereocenters. The van der Waals surface area contributed by atoms with Crippen molar-refractivity contribution in [1.82, 2.24) is 0 Å². The third-order valence-electron chi connectivity index (χ3n) is 3.97. The van der Waals surface area contributed by atoms with Gasteiger partial charge in [0, 0.05) is 0 Å². The van der Waals surface area contributed by atoms with E-state index in [2.05, 4.69) is 13.8 Å². The molecule has 0 saturated heterocycles. The average Bonchev–Trinajstić information content (AvgIpc) is 2.93. The van der Waals surface area contributed by atoms with Gasteiger partial charge in [0.25, 0.3) is 0 Å². The van der Waals surface area contributed by atoms with Gasteiger partial charge in [-0.05, 0) is 49.9 Å². The molecule has 13 heavy (non-hydrogen) atoms. The Balaban J connectivity index is 2.02. The Labute approximate surface area is 81.5 Å². The minimum atomic E-state index is -0.268. The minimum Gasteiger partial charge on any atom is -0.389 e. The van der Waals surface area contributed by atoms with E-state index >= 15 is 0 Å². The van der Waals surface area contributed by atoms with Gasteiger partial charge in [-0.3, -0.25) is 0 Å². The zero-order chi connectivity index (χ0) is 9.47. The van der Waals surface area contributed by atoms with Gasteiger partial charge in [0.1, 0.15) is 0 Å². The van der Waals surface area contributed by atoms with E-state index in [1.807, 2.05) is 0 Å². The van der Waals surface area contributed by atoms with Crippen LogP contribution in [0.4, 0.5) is 0 Å². The maximum Gasteiger partial charge on any atom is 0.0729 e. The lowest BCUT2D eigenvalue weighted by atomic mass is 9.78. The van der Waals surface area contributed by atoms with Crippen LogP contribution in [0.5, 0.6) is 0 Å². The van der Waals surface area contributed by atoms with Crippen molar-refractivity contribution < 1.29 is 5.11 Å². The Hall–Kier alpha value is -0.0400. The second kappa shape index (κ2) is 3.27. The number of hydrogen-bond acceptors (Lipinski definition) is 1. The Kier molecular flexibility index (Phi) is 2.39. The van der Waals surface area contributed by atoms with Gasteiger partial charge in [0.05, 0.1) is 5.60 Å². The highest BCUT2D eigenvalue weighted by Crippen LogP contribution is 2.56. The molecule has 2 aliphatic rings. The molecule has 1 atom stereocenters. The molecule has 1 heteroatoms. The Bertz CT molecular complexity index is 168. The predicted molar refractivity (Wildman–Crippen MR) is 54.5 cm³/mol. The first-order valence-electron chi connectivity index (χ1n) is 5.92. The summed E-state index contributed by atoms with van der Waals surface area (Å²) in [7, 11) is 0. The van der Waals surface area contributed by atoms with Crippen molar-refractivity contribution in [1.29, 1.82) is 0 Å². The van der Waals surface area contributed by atoms with Crippen LogP contribution in [0.15, 0.2) is 0 Å². The van der Waals surface area contributed by atoms with Crippen LogP contribution in [0.3, 0.4) is 0 Å². The summed E-state index contributed by atoms with van der Waals surface area (Å²) >= 11 is 0. The molecule has 0 aliphatic heterocycles. The van der Waals surface area contributed by atoms with Crippen LogP contribution in [-0.2, 0) is 0 Å². The second-order valence-corrected chi connectivity index (χ2v) is 5.13. The van der Waals surface area contributed by atoms with Crippen molar-refractivity contribution in [2.45, 2.75) is 58.0 Å². The molecular weight excluding hydrogens is 160 g/mol. The van der Waals surface area contributed by atoms with Crippen LogP contribution in [0.1, 0.15) is 52.4 Å². The van der Waals surface area contributed by atoms with Crippen LogP contribution in [0.2, 0.25) is 0 Å². The van der Waals surface area contributed by atoms with E-state index < -0.39 is 0 Å². The van der Waals surface area contributed by atoms with E-state index in [9.17, 15) is 5.11 Å².